The van der Waals surface area contributed by atoms with E-state index in [0.29, 0.717) is 0 Å². The molecule has 0 fully saturated rings. The van der Waals surface area contributed by atoms with E-state index in [2.05, 4.69) is 12.6 Å². The van der Waals surface area contributed by atoms with Gasteiger partial charge < -0.3 is 0 Å². The summed E-state index contributed by atoms with van der Waals surface area (Å²) >= 11 is 4.24. The molecule has 8 heavy (non-hydrogen) atoms. The van der Waals surface area contributed by atoms with Crippen LogP contribution in [-0.4, -0.2) is 12.6 Å². The largest absolute Gasteiger partial charge is 0.169 e. The number of hydrogen-bond donors (Lipinski definition) is 1. The van der Waals surface area contributed by atoms with Crippen molar-refractivity contribution in [3.63, 3.8) is 0 Å². The van der Waals surface area contributed by atoms with Crippen molar-refractivity contribution in [2.45, 2.75) is 25.5 Å². The quantitative estimate of drug-likeness (QED) is 0.401. The second-order valence-corrected chi connectivity index (χ2v) is 3.69. The van der Waals surface area contributed by atoms with E-state index in [1.807, 2.05) is 26.8 Å². The molecule has 0 aromatic heterocycles. The molecule has 2 heteroatoms. The first kappa shape index (κ1) is 8.15. The van der Waals surface area contributed by atoms with Gasteiger partial charge in [0.15, 0.2) is 0 Å². The Labute approximate surface area is 58.2 Å². The summed E-state index contributed by atoms with van der Waals surface area (Å²) in [7, 11) is 5.39. The Morgan fingerprint density at radius 1 is 1.62 bits per heavy atom. The molecule has 0 spiro atoms. The van der Waals surface area contributed by atoms with Crippen molar-refractivity contribution < 1.29 is 0 Å². The van der Waals surface area contributed by atoms with Gasteiger partial charge >= 0.3 is 0 Å². The molecule has 0 nitrogen and oxygen atoms in total. The molecule has 0 bridgehead atoms. The van der Waals surface area contributed by atoms with Crippen LogP contribution in [0.3, 0.4) is 0 Å². The zero-order chi connectivity index (χ0) is 6.78. The summed E-state index contributed by atoms with van der Waals surface area (Å²) in [6.07, 6.45) is 1.91. The standard InChI is InChI=1S/C6H11BS/c1-5(7)4-6(2,3)8/h4,8H,1-3H3/b5-4+. The summed E-state index contributed by atoms with van der Waals surface area (Å²) in [6.45, 7) is 5.84. The molecule has 0 saturated heterocycles. The summed E-state index contributed by atoms with van der Waals surface area (Å²) in [5.74, 6) is 0. The molecule has 0 aromatic carbocycles. The molecule has 0 atom stereocenters. The third kappa shape index (κ3) is 6.15. The van der Waals surface area contributed by atoms with Gasteiger partial charge in [-0.1, -0.05) is 13.0 Å². The Morgan fingerprint density at radius 2 is 2.00 bits per heavy atom. The lowest BCUT2D eigenvalue weighted by molar-refractivity contribution is 0.904. The van der Waals surface area contributed by atoms with Crippen LogP contribution < -0.4 is 0 Å². The summed E-state index contributed by atoms with van der Waals surface area (Å²) in [6, 6.07) is 0. The minimum atomic E-state index is -0.0706. The van der Waals surface area contributed by atoms with Crippen LogP contribution in [0.15, 0.2) is 11.5 Å². The number of hydrogen-bond acceptors (Lipinski definition) is 1. The topological polar surface area (TPSA) is 0 Å². The van der Waals surface area contributed by atoms with Gasteiger partial charge in [-0.05, 0) is 13.8 Å². The highest BCUT2D eigenvalue weighted by molar-refractivity contribution is 7.82. The molecule has 0 heterocycles. The zero-order valence-electron chi connectivity index (χ0n) is 5.60. The molecule has 0 N–H and O–H groups in total. The van der Waals surface area contributed by atoms with Crippen LogP contribution in [0.2, 0.25) is 0 Å². The number of rotatable bonds is 1. The average molecular weight is 126 g/mol. The maximum Gasteiger partial charge on any atom is 0.107 e. The predicted octanol–water partition coefficient (Wildman–Crippen LogP) is 1.77. The average Bonchev–Trinajstić information content (AvgIpc) is 1.21. The van der Waals surface area contributed by atoms with E-state index in [4.69, 9.17) is 7.85 Å². The Hall–Kier alpha value is 0.155. The molecule has 0 aliphatic rings. The molecule has 0 aliphatic heterocycles. The van der Waals surface area contributed by atoms with E-state index in [9.17, 15) is 0 Å². The fraction of sp³-hybridized carbons (Fsp3) is 0.667. The second kappa shape index (κ2) is 2.63. The predicted molar refractivity (Wildman–Crippen MR) is 42.6 cm³/mol. The van der Waals surface area contributed by atoms with Gasteiger partial charge in [0.25, 0.3) is 0 Å². The lowest BCUT2D eigenvalue weighted by Crippen LogP contribution is -2.05. The van der Waals surface area contributed by atoms with E-state index in [1.54, 1.807) is 0 Å². The highest BCUT2D eigenvalue weighted by atomic mass is 32.1. The molecule has 0 aromatic rings. The lowest BCUT2D eigenvalue weighted by Gasteiger charge is -2.11. The first-order valence-electron chi connectivity index (χ1n) is 2.59. The van der Waals surface area contributed by atoms with E-state index in [-0.39, 0.29) is 4.75 Å². The summed E-state index contributed by atoms with van der Waals surface area (Å²) in [5, 5.41) is 0. The summed E-state index contributed by atoms with van der Waals surface area (Å²) in [4.78, 5) is 0. The van der Waals surface area contributed by atoms with Crippen LogP contribution in [-0.2, 0) is 0 Å². The van der Waals surface area contributed by atoms with Crippen LogP contribution in [0.1, 0.15) is 20.8 Å². The van der Waals surface area contributed by atoms with Gasteiger partial charge in [-0.25, -0.2) is 0 Å². The van der Waals surface area contributed by atoms with Gasteiger partial charge in [0.2, 0.25) is 0 Å². The normalized spacial score (nSPS) is 14.2. The van der Waals surface area contributed by atoms with Crippen LogP contribution in [0.25, 0.3) is 0 Å². The highest BCUT2D eigenvalue weighted by Gasteiger charge is 2.04. The monoisotopic (exact) mass is 126 g/mol. The molecular formula is C6H11BS. The maximum absolute atomic E-state index is 5.39. The van der Waals surface area contributed by atoms with Crippen molar-refractivity contribution >= 4 is 20.5 Å². The smallest absolute Gasteiger partial charge is 0.107 e. The van der Waals surface area contributed by atoms with Crippen LogP contribution in [0, 0.1) is 0 Å². The third-order valence-corrected chi connectivity index (χ3v) is 0.710. The van der Waals surface area contributed by atoms with Gasteiger partial charge in [0.1, 0.15) is 7.85 Å². The Balaban J connectivity index is 3.89. The third-order valence-electron chi connectivity index (χ3n) is 0.581. The van der Waals surface area contributed by atoms with Crippen molar-refractivity contribution in [1.82, 2.24) is 0 Å². The molecule has 0 amide bonds. The fourth-order valence-electron chi connectivity index (χ4n) is 0.557. The van der Waals surface area contributed by atoms with E-state index in [0.717, 1.165) is 5.47 Å². The molecule has 0 saturated carbocycles. The highest BCUT2D eigenvalue weighted by Crippen LogP contribution is 2.14. The molecule has 44 valence electrons. The van der Waals surface area contributed by atoms with Gasteiger partial charge in [0, 0.05) is 4.75 Å². The first-order chi connectivity index (χ1) is 3.42. The van der Waals surface area contributed by atoms with Crippen molar-refractivity contribution in [3.05, 3.63) is 11.5 Å². The molecule has 0 unspecified atom stereocenters. The SMILES string of the molecule is [B]/C(C)=C/C(C)(C)S. The first-order valence-corrected chi connectivity index (χ1v) is 3.04. The van der Waals surface area contributed by atoms with Crippen molar-refractivity contribution in [2.24, 2.45) is 0 Å². The minimum Gasteiger partial charge on any atom is -0.169 e. The van der Waals surface area contributed by atoms with Crippen LogP contribution in [0.5, 0.6) is 0 Å². The lowest BCUT2D eigenvalue weighted by atomic mass is 9.94. The van der Waals surface area contributed by atoms with E-state index in [1.165, 1.54) is 0 Å². The fourth-order valence-corrected chi connectivity index (χ4v) is 0.761. The Morgan fingerprint density at radius 3 is 2.00 bits per heavy atom. The maximum atomic E-state index is 5.39. The van der Waals surface area contributed by atoms with Crippen molar-refractivity contribution in [1.29, 1.82) is 0 Å². The van der Waals surface area contributed by atoms with Crippen molar-refractivity contribution in [3.8, 4) is 0 Å². The summed E-state index contributed by atoms with van der Waals surface area (Å²) < 4.78 is -0.0706. The van der Waals surface area contributed by atoms with Crippen LogP contribution in [0.4, 0.5) is 0 Å². The number of thiol groups is 1. The second-order valence-electron chi connectivity index (χ2n) is 2.54. The molecule has 0 rings (SSSR count). The van der Waals surface area contributed by atoms with Gasteiger partial charge in [-0.3, -0.25) is 0 Å². The Bertz CT molecular complexity index is 95.6. The van der Waals surface area contributed by atoms with Gasteiger partial charge in [-0.2, -0.15) is 12.6 Å². The van der Waals surface area contributed by atoms with Gasteiger partial charge in [0.05, 0.1) is 0 Å². The summed E-state index contributed by atoms with van der Waals surface area (Å²) in [5.41, 5.74) is 0.824. The zero-order valence-corrected chi connectivity index (χ0v) is 6.50. The van der Waals surface area contributed by atoms with E-state index < -0.39 is 0 Å². The Kier molecular flexibility index (Phi) is 2.68. The minimum absolute atomic E-state index is 0.0706. The van der Waals surface area contributed by atoms with Crippen LogP contribution >= 0.6 is 12.6 Å². The molecule has 2 radical (unpaired) electrons. The molecular weight excluding hydrogens is 115 g/mol. The number of allylic oxidation sites excluding steroid dienone is 1. The molecule has 0 aliphatic carbocycles. The van der Waals surface area contributed by atoms with Gasteiger partial charge in [-0.15, -0.1) is 5.47 Å². The van der Waals surface area contributed by atoms with Crippen molar-refractivity contribution in [2.75, 3.05) is 0 Å². The van der Waals surface area contributed by atoms with E-state index >= 15 is 0 Å².